The third-order valence-corrected chi connectivity index (χ3v) is 5.11. The van der Waals surface area contributed by atoms with Crippen LogP contribution in [0.1, 0.15) is 23.2 Å². The van der Waals surface area contributed by atoms with Crippen LogP contribution in [0.4, 0.5) is 0 Å². The van der Waals surface area contributed by atoms with Gasteiger partial charge in [-0.15, -0.1) is 0 Å². The Hall–Kier alpha value is -2.80. The first-order valence-electron chi connectivity index (χ1n) is 9.27. The van der Waals surface area contributed by atoms with E-state index in [0.29, 0.717) is 38.3 Å². The van der Waals surface area contributed by atoms with E-state index in [2.05, 4.69) is 9.97 Å². The van der Waals surface area contributed by atoms with Gasteiger partial charge in [-0.2, -0.15) is 0 Å². The summed E-state index contributed by atoms with van der Waals surface area (Å²) in [6, 6.07) is 7.47. The van der Waals surface area contributed by atoms with E-state index >= 15 is 0 Å². The SMILES string of the molecule is O=C(c1ccc(-c2cncnc2)cc1)N1CCN(C(=O)[C@@H]2CCCO2)CC1. The number of hydrogen-bond acceptors (Lipinski definition) is 5. The van der Waals surface area contributed by atoms with Crippen molar-refractivity contribution in [1.82, 2.24) is 19.8 Å². The van der Waals surface area contributed by atoms with Crippen LogP contribution in [0, 0.1) is 0 Å². The molecule has 2 aliphatic rings. The summed E-state index contributed by atoms with van der Waals surface area (Å²) in [5, 5.41) is 0. The molecule has 0 radical (unpaired) electrons. The highest BCUT2D eigenvalue weighted by Crippen LogP contribution is 2.20. The van der Waals surface area contributed by atoms with E-state index in [4.69, 9.17) is 4.74 Å². The van der Waals surface area contributed by atoms with Crippen LogP contribution in [0.15, 0.2) is 43.0 Å². The second kappa shape index (κ2) is 7.84. The molecule has 2 saturated heterocycles. The van der Waals surface area contributed by atoms with Gasteiger partial charge in [0.15, 0.2) is 0 Å². The lowest BCUT2D eigenvalue weighted by Gasteiger charge is -2.35. The van der Waals surface area contributed by atoms with E-state index in [1.54, 1.807) is 17.3 Å². The van der Waals surface area contributed by atoms with Crippen LogP contribution in [0.5, 0.6) is 0 Å². The van der Waals surface area contributed by atoms with Crippen LogP contribution in [-0.4, -0.2) is 70.5 Å². The Kier molecular flexibility index (Phi) is 5.11. The summed E-state index contributed by atoms with van der Waals surface area (Å²) < 4.78 is 5.48. The van der Waals surface area contributed by atoms with Gasteiger partial charge in [0.1, 0.15) is 12.4 Å². The van der Waals surface area contributed by atoms with Gasteiger partial charge in [0.2, 0.25) is 0 Å². The van der Waals surface area contributed by atoms with Crippen molar-refractivity contribution in [3.8, 4) is 11.1 Å². The molecule has 7 nitrogen and oxygen atoms in total. The fourth-order valence-electron chi connectivity index (χ4n) is 3.54. The van der Waals surface area contributed by atoms with Gasteiger partial charge in [0.05, 0.1) is 0 Å². The summed E-state index contributed by atoms with van der Waals surface area (Å²) in [6.45, 7) is 2.88. The minimum absolute atomic E-state index is 0.00456. The lowest BCUT2D eigenvalue weighted by atomic mass is 10.1. The molecular weight excluding hydrogens is 344 g/mol. The van der Waals surface area contributed by atoms with Crippen molar-refractivity contribution in [3.05, 3.63) is 48.5 Å². The standard InChI is InChI=1S/C20H22N4O3/c25-19(16-5-3-15(4-6-16)17-12-21-14-22-13-17)23-7-9-24(10-8-23)20(26)18-2-1-11-27-18/h3-6,12-14,18H,1-2,7-11H2/t18-/m0/s1. The quantitative estimate of drug-likeness (QED) is 0.825. The Morgan fingerprint density at radius 2 is 1.59 bits per heavy atom. The first kappa shape index (κ1) is 17.6. The molecule has 1 aromatic carbocycles. The average molecular weight is 366 g/mol. The molecule has 2 aliphatic heterocycles. The van der Waals surface area contributed by atoms with E-state index in [9.17, 15) is 9.59 Å². The van der Waals surface area contributed by atoms with Crippen molar-refractivity contribution in [2.75, 3.05) is 32.8 Å². The van der Waals surface area contributed by atoms with E-state index < -0.39 is 0 Å². The molecule has 0 spiro atoms. The first-order valence-corrected chi connectivity index (χ1v) is 9.27. The number of rotatable bonds is 3. The molecule has 1 atom stereocenters. The molecule has 4 rings (SSSR count). The molecule has 140 valence electrons. The van der Waals surface area contributed by atoms with Gasteiger partial charge < -0.3 is 14.5 Å². The Bertz CT molecular complexity index is 796. The number of ether oxygens (including phenoxy) is 1. The fraction of sp³-hybridized carbons (Fsp3) is 0.400. The summed E-state index contributed by atoms with van der Waals surface area (Å²) in [6.07, 6.45) is 6.44. The van der Waals surface area contributed by atoms with Crippen molar-refractivity contribution in [1.29, 1.82) is 0 Å². The summed E-state index contributed by atoms with van der Waals surface area (Å²) in [4.78, 5) is 36.8. The number of nitrogens with zero attached hydrogens (tertiary/aromatic N) is 4. The van der Waals surface area contributed by atoms with Gasteiger partial charge in [0, 0.05) is 56.3 Å². The highest BCUT2D eigenvalue weighted by atomic mass is 16.5. The number of amides is 2. The third-order valence-electron chi connectivity index (χ3n) is 5.11. The summed E-state index contributed by atoms with van der Waals surface area (Å²) in [5.74, 6) is 0.0594. The Balaban J connectivity index is 1.36. The molecule has 3 heterocycles. The first-order chi connectivity index (χ1) is 13.2. The molecule has 1 aromatic heterocycles. The van der Waals surface area contributed by atoms with Gasteiger partial charge in [0.25, 0.3) is 11.8 Å². The topological polar surface area (TPSA) is 75.6 Å². The molecule has 27 heavy (non-hydrogen) atoms. The minimum atomic E-state index is -0.290. The lowest BCUT2D eigenvalue weighted by molar-refractivity contribution is -0.142. The smallest absolute Gasteiger partial charge is 0.253 e. The van der Waals surface area contributed by atoms with Crippen LogP contribution in [0.3, 0.4) is 0 Å². The molecular formula is C20H22N4O3. The molecule has 2 fully saturated rings. The molecule has 0 bridgehead atoms. The number of carbonyl (C=O) groups excluding carboxylic acids is 2. The van der Waals surface area contributed by atoms with Crippen molar-refractivity contribution in [3.63, 3.8) is 0 Å². The van der Waals surface area contributed by atoms with Crippen LogP contribution in [-0.2, 0) is 9.53 Å². The zero-order valence-corrected chi connectivity index (χ0v) is 15.1. The number of carbonyl (C=O) groups is 2. The van der Waals surface area contributed by atoms with Crippen LogP contribution in [0.25, 0.3) is 11.1 Å². The summed E-state index contributed by atoms with van der Waals surface area (Å²) in [7, 11) is 0. The van der Waals surface area contributed by atoms with Gasteiger partial charge in [-0.3, -0.25) is 9.59 Å². The van der Waals surface area contributed by atoms with Crippen molar-refractivity contribution >= 4 is 11.8 Å². The predicted molar refractivity (Wildman–Crippen MR) is 98.9 cm³/mol. The van der Waals surface area contributed by atoms with Gasteiger partial charge in [-0.25, -0.2) is 9.97 Å². The fourth-order valence-corrected chi connectivity index (χ4v) is 3.54. The molecule has 0 saturated carbocycles. The number of aromatic nitrogens is 2. The van der Waals surface area contributed by atoms with E-state index in [-0.39, 0.29) is 17.9 Å². The van der Waals surface area contributed by atoms with Crippen molar-refractivity contribution in [2.24, 2.45) is 0 Å². The number of piperazine rings is 1. The van der Waals surface area contributed by atoms with E-state index in [1.807, 2.05) is 29.2 Å². The maximum atomic E-state index is 12.8. The molecule has 0 N–H and O–H groups in total. The third kappa shape index (κ3) is 3.83. The Labute approximate surface area is 158 Å². The predicted octanol–water partition coefficient (Wildman–Crippen LogP) is 1.61. The maximum Gasteiger partial charge on any atom is 0.253 e. The summed E-state index contributed by atoms with van der Waals surface area (Å²) in [5.41, 5.74) is 2.53. The zero-order valence-electron chi connectivity index (χ0n) is 15.1. The highest BCUT2D eigenvalue weighted by Gasteiger charge is 2.31. The molecule has 0 aliphatic carbocycles. The van der Waals surface area contributed by atoms with Crippen molar-refractivity contribution < 1.29 is 14.3 Å². The zero-order chi connectivity index (χ0) is 18.6. The van der Waals surface area contributed by atoms with Gasteiger partial charge in [-0.05, 0) is 30.5 Å². The number of benzene rings is 1. The van der Waals surface area contributed by atoms with Crippen LogP contribution < -0.4 is 0 Å². The molecule has 2 amide bonds. The van der Waals surface area contributed by atoms with E-state index in [0.717, 1.165) is 24.0 Å². The second-order valence-electron chi connectivity index (χ2n) is 6.82. The van der Waals surface area contributed by atoms with Gasteiger partial charge >= 0.3 is 0 Å². The molecule has 7 heteroatoms. The maximum absolute atomic E-state index is 12.8. The van der Waals surface area contributed by atoms with Gasteiger partial charge in [-0.1, -0.05) is 12.1 Å². The lowest BCUT2D eigenvalue weighted by Crippen LogP contribution is -2.52. The minimum Gasteiger partial charge on any atom is -0.368 e. The van der Waals surface area contributed by atoms with E-state index in [1.165, 1.54) is 6.33 Å². The summed E-state index contributed by atoms with van der Waals surface area (Å²) >= 11 is 0. The normalized spacial score (nSPS) is 19.9. The van der Waals surface area contributed by atoms with Crippen LogP contribution in [0.2, 0.25) is 0 Å². The average Bonchev–Trinajstić information content (AvgIpc) is 3.28. The Morgan fingerprint density at radius 1 is 0.926 bits per heavy atom. The largest absolute Gasteiger partial charge is 0.368 e. The van der Waals surface area contributed by atoms with Crippen LogP contribution >= 0.6 is 0 Å². The number of hydrogen-bond donors (Lipinski definition) is 0. The Morgan fingerprint density at radius 3 is 2.22 bits per heavy atom. The monoisotopic (exact) mass is 366 g/mol. The van der Waals surface area contributed by atoms with Crippen molar-refractivity contribution in [2.45, 2.75) is 18.9 Å². The molecule has 0 unspecified atom stereocenters. The second-order valence-corrected chi connectivity index (χ2v) is 6.82. The highest BCUT2D eigenvalue weighted by molar-refractivity contribution is 5.95. The molecule has 2 aromatic rings.